The van der Waals surface area contributed by atoms with E-state index in [2.05, 4.69) is 10.6 Å². The minimum Gasteiger partial charge on any atom is -0.390 e. The number of aryl methyl sites for hydroxylation is 1. The van der Waals surface area contributed by atoms with Crippen LogP contribution < -0.4 is 10.6 Å². The van der Waals surface area contributed by atoms with Gasteiger partial charge in [-0.3, -0.25) is 4.79 Å². The summed E-state index contributed by atoms with van der Waals surface area (Å²) in [5, 5.41) is 17.1. The molecule has 0 bridgehead atoms. The smallest absolute Gasteiger partial charge is 0.224 e. The molecule has 1 aliphatic rings. The highest BCUT2D eigenvalue weighted by Gasteiger charge is 2.31. The Labute approximate surface area is 222 Å². The van der Waals surface area contributed by atoms with E-state index in [-0.39, 0.29) is 42.4 Å². The van der Waals surface area contributed by atoms with Crippen LogP contribution in [0.3, 0.4) is 0 Å². The first kappa shape index (κ1) is 27.9. The molecule has 0 saturated heterocycles. The minimum absolute atomic E-state index is 0.0163. The fourth-order valence-corrected chi connectivity index (χ4v) is 6.50. The van der Waals surface area contributed by atoms with Gasteiger partial charge in [0.05, 0.1) is 30.1 Å². The molecule has 0 fully saturated rings. The van der Waals surface area contributed by atoms with Gasteiger partial charge in [0.15, 0.2) is 9.84 Å². The maximum absolute atomic E-state index is 13.8. The average molecular weight is 543 g/mol. The number of aliphatic hydroxyl groups excluding tert-OH is 1. The van der Waals surface area contributed by atoms with Gasteiger partial charge in [-0.05, 0) is 52.8 Å². The number of benzene rings is 3. The van der Waals surface area contributed by atoms with E-state index in [0.29, 0.717) is 0 Å². The molecule has 1 amide bonds. The van der Waals surface area contributed by atoms with Crippen molar-refractivity contribution in [3.05, 3.63) is 106 Å². The molecule has 0 saturated carbocycles. The van der Waals surface area contributed by atoms with E-state index in [0.717, 1.165) is 46.9 Å². The predicted molar refractivity (Wildman–Crippen MR) is 142 cm³/mol. The maximum atomic E-state index is 13.8. The quantitative estimate of drug-likeness (QED) is 0.365. The number of carbonyl (C=O) groups is 1. The van der Waals surface area contributed by atoms with Gasteiger partial charge in [-0.25, -0.2) is 17.2 Å². The zero-order valence-electron chi connectivity index (χ0n) is 21.2. The molecule has 3 aromatic rings. The normalized spacial score (nSPS) is 17.8. The Hall–Kier alpha value is -3.14. The van der Waals surface area contributed by atoms with Crippen molar-refractivity contribution in [1.82, 2.24) is 10.6 Å². The maximum Gasteiger partial charge on any atom is 0.224 e. The third-order valence-electron chi connectivity index (χ3n) is 6.76. The molecule has 3 aromatic carbocycles. The van der Waals surface area contributed by atoms with E-state index in [1.807, 2.05) is 43.3 Å². The molecule has 202 valence electrons. The summed E-state index contributed by atoms with van der Waals surface area (Å²) in [6, 6.07) is 16.5. The number of sulfone groups is 1. The van der Waals surface area contributed by atoms with Crippen molar-refractivity contribution in [2.75, 3.05) is 12.3 Å². The summed E-state index contributed by atoms with van der Waals surface area (Å²) < 4.78 is 52.8. The SMILES string of the molecule is CCc1ccc2c(c1)C(NCC(O)C(Cc1cc(F)cc(F)c1)NC(=O)Cc1ccccc1)CS(=O)(=O)C2. The lowest BCUT2D eigenvalue weighted by atomic mass is 9.97. The Morgan fingerprint density at radius 3 is 2.39 bits per heavy atom. The summed E-state index contributed by atoms with van der Waals surface area (Å²) in [6.07, 6.45) is -0.307. The fourth-order valence-electron chi connectivity index (χ4n) is 4.84. The number of hydrogen-bond donors (Lipinski definition) is 3. The molecule has 0 spiro atoms. The summed E-state index contributed by atoms with van der Waals surface area (Å²) in [5.74, 6) is -2.00. The first-order valence-corrected chi connectivity index (χ1v) is 14.5. The molecule has 6 nitrogen and oxygen atoms in total. The van der Waals surface area contributed by atoms with E-state index in [9.17, 15) is 27.1 Å². The second-order valence-corrected chi connectivity index (χ2v) is 11.9. The van der Waals surface area contributed by atoms with Gasteiger partial charge in [0, 0.05) is 18.7 Å². The molecule has 1 aliphatic heterocycles. The molecule has 0 radical (unpaired) electrons. The predicted octanol–water partition coefficient (Wildman–Crippen LogP) is 3.42. The largest absolute Gasteiger partial charge is 0.390 e. The van der Waals surface area contributed by atoms with Gasteiger partial charge in [-0.1, -0.05) is 55.5 Å². The molecular formula is C29H32F2N2O4S. The molecule has 3 N–H and O–H groups in total. The van der Waals surface area contributed by atoms with Crippen LogP contribution in [0.4, 0.5) is 8.78 Å². The molecule has 9 heteroatoms. The topological polar surface area (TPSA) is 95.5 Å². The van der Waals surface area contributed by atoms with E-state index >= 15 is 0 Å². The van der Waals surface area contributed by atoms with Gasteiger partial charge in [0.25, 0.3) is 0 Å². The van der Waals surface area contributed by atoms with Crippen molar-refractivity contribution in [3.63, 3.8) is 0 Å². The van der Waals surface area contributed by atoms with Crippen LogP contribution in [-0.4, -0.2) is 43.9 Å². The van der Waals surface area contributed by atoms with Crippen LogP contribution in [0.1, 0.15) is 40.8 Å². The zero-order chi connectivity index (χ0) is 27.3. The summed E-state index contributed by atoms with van der Waals surface area (Å²) in [7, 11) is -3.34. The van der Waals surface area contributed by atoms with Gasteiger partial charge in [-0.2, -0.15) is 0 Å². The molecule has 3 unspecified atom stereocenters. The highest BCUT2D eigenvalue weighted by atomic mass is 32.2. The van der Waals surface area contributed by atoms with Crippen LogP contribution in [0.25, 0.3) is 0 Å². The van der Waals surface area contributed by atoms with Gasteiger partial charge in [-0.15, -0.1) is 0 Å². The van der Waals surface area contributed by atoms with Crippen molar-refractivity contribution >= 4 is 15.7 Å². The Morgan fingerprint density at radius 1 is 1.00 bits per heavy atom. The Kier molecular flexibility index (Phi) is 8.91. The summed E-state index contributed by atoms with van der Waals surface area (Å²) in [4.78, 5) is 12.8. The van der Waals surface area contributed by atoms with Crippen molar-refractivity contribution in [2.24, 2.45) is 0 Å². The first-order valence-electron chi connectivity index (χ1n) is 12.6. The van der Waals surface area contributed by atoms with Crippen LogP contribution in [0.15, 0.2) is 66.7 Å². The highest BCUT2D eigenvalue weighted by Crippen LogP contribution is 2.29. The lowest BCUT2D eigenvalue weighted by Crippen LogP contribution is -2.50. The number of fused-ring (bicyclic) bond motifs is 1. The third-order valence-corrected chi connectivity index (χ3v) is 8.35. The van der Waals surface area contributed by atoms with Crippen LogP contribution in [-0.2, 0) is 39.6 Å². The molecule has 0 aliphatic carbocycles. The molecular weight excluding hydrogens is 510 g/mol. The summed E-state index contributed by atoms with van der Waals surface area (Å²) >= 11 is 0. The van der Waals surface area contributed by atoms with E-state index < -0.39 is 39.7 Å². The second kappa shape index (κ2) is 12.1. The van der Waals surface area contributed by atoms with Gasteiger partial charge in [0.2, 0.25) is 5.91 Å². The number of rotatable bonds is 10. The first-order chi connectivity index (χ1) is 18.1. The van der Waals surface area contributed by atoms with Crippen LogP contribution in [0.5, 0.6) is 0 Å². The minimum atomic E-state index is -3.34. The third kappa shape index (κ3) is 7.46. The number of nitrogens with one attached hydrogen (secondary N) is 2. The molecule has 38 heavy (non-hydrogen) atoms. The van der Waals surface area contributed by atoms with Gasteiger partial charge >= 0.3 is 0 Å². The fraction of sp³-hybridized carbons (Fsp3) is 0.345. The van der Waals surface area contributed by atoms with E-state index in [4.69, 9.17) is 0 Å². The number of amides is 1. The van der Waals surface area contributed by atoms with E-state index in [1.54, 1.807) is 12.1 Å². The zero-order valence-corrected chi connectivity index (χ0v) is 22.0. The monoisotopic (exact) mass is 542 g/mol. The van der Waals surface area contributed by atoms with Crippen LogP contribution in [0.2, 0.25) is 0 Å². The number of hydrogen-bond acceptors (Lipinski definition) is 5. The number of carbonyl (C=O) groups excluding carboxylic acids is 1. The van der Waals surface area contributed by atoms with Crippen LogP contribution >= 0.6 is 0 Å². The van der Waals surface area contributed by atoms with Crippen LogP contribution in [0, 0.1) is 11.6 Å². The molecule has 4 rings (SSSR count). The average Bonchev–Trinajstić information content (AvgIpc) is 2.86. The summed E-state index contributed by atoms with van der Waals surface area (Å²) in [5.41, 5.74) is 3.75. The van der Waals surface area contributed by atoms with Crippen molar-refractivity contribution in [1.29, 1.82) is 0 Å². The molecule has 3 atom stereocenters. The Balaban J connectivity index is 1.51. The lowest BCUT2D eigenvalue weighted by Gasteiger charge is -2.30. The standard InChI is InChI=1S/C29H32F2N2O4S/c1-2-19-8-9-22-17-38(36,37)18-27(25(22)12-19)32-16-28(34)26(13-21-10-23(30)15-24(31)11-21)33-29(35)14-20-6-4-3-5-7-20/h3-12,15,26-28,32,34H,2,13-14,16-18H2,1H3,(H,33,35). The van der Waals surface area contributed by atoms with Crippen molar-refractivity contribution in [3.8, 4) is 0 Å². The Bertz CT molecular complexity index is 1360. The molecule has 1 heterocycles. The van der Waals surface area contributed by atoms with Gasteiger partial charge in [0.1, 0.15) is 11.6 Å². The van der Waals surface area contributed by atoms with Crippen molar-refractivity contribution in [2.45, 2.75) is 50.1 Å². The van der Waals surface area contributed by atoms with Crippen molar-refractivity contribution < 1.29 is 27.1 Å². The lowest BCUT2D eigenvalue weighted by molar-refractivity contribution is -0.122. The second-order valence-electron chi connectivity index (χ2n) is 9.79. The van der Waals surface area contributed by atoms with Gasteiger partial charge < -0.3 is 15.7 Å². The number of aliphatic hydroxyl groups is 1. The van der Waals surface area contributed by atoms with E-state index in [1.165, 1.54) is 0 Å². The summed E-state index contributed by atoms with van der Waals surface area (Å²) in [6.45, 7) is 1.98. The Morgan fingerprint density at radius 2 is 1.71 bits per heavy atom. The number of halogens is 2. The molecule has 0 aromatic heterocycles. The highest BCUT2D eigenvalue weighted by molar-refractivity contribution is 7.90.